The standard InChI is InChI=1S/C36H37N3O5S/c1-23(2)26-16-14-25(15-17-26)20-32(39-35(41)27-10-7-6-8-11-27)36(42)37-28-12-9-13-30(21-28)45-24(3)34(40)38-31-22-29(43-4)18-19-33(31)44-5/h6-24H,1-5H3,(H,37,42)(H,38,40)(H,39,41)/b32-20+. The summed E-state index contributed by atoms with van der Waals surface area (Å²) in [5, 5.41) is 8.10. The third-order valence-electron chi connectivity index (χ3n) is 6.88. The van der Waals surface area contributed by atoms with Crippen LogP contribution in [0.1, 0.15) is 48.2 Å². The van der Waals surface area contributed by atoms with Crippen molar-refractivity contribution >= 4 is 46.9 Å². The number of carbonyl (C=O) groups is 3. The molecule has 0 aromatic heterocycles. The molecule has 4 aromatic rings. The lowest BCUT2D eigenvalue weighted by molar-refractivity contribution is -0.115. The fraction of sp³-hybridized carbons (Fsp3) is 0.194. The number of ether oxygens (including phenoxy) is 2. The zero-order valence-corrected chi connectivity index (χ0v) is 26.7. The van der Waals surface area contributed by atoms with Crippen LogP contribution in [0.5, 0.6) is 11.5 Å². The van der Waals surface area contributed by atoms with Gasteiger partial charge in [-0.25, -0.2) is 0 Å². The van der Waals surface area contributed by atoms with Crippen molar-refractivity contribution in [3.05, 3.63) is 119 Å². The van der Waals surface area contributed by atoms with Crippen molar-refractivity contribution < 1.29 is 23.9 Å². The molecule has 1 unspecified atom stereocenters. The SMILES string of the molecule is COc1ccc(OC)c(NC(=O)C(C)Sc2cccc(NC(=O)/C(=C\c3ccc(C(C)C)cc3)NC(=O)c3ccccc3)c2)c1. The first-order valence-electron chi connectivity index (χ1n) is 14.5. The van der Waals surface area contributed by atoms with Crippen LogP contribution >= 0.6 is 11.8 Å². The van der Waals surface area contributed by atoms with E-state index in [1.807, 2.05) is 36.4 Å². The number of nitrogens with one attached hydrogen (secondary N) is 3. The van der Waals surface area contributed by atoms with Gasteiger partial charge in [-0.3, -0.25) is 14.4 Å². The van der Waals surface area contributed by atoms with Gasteiger partial charge in [0.25, 0.3) is 11.8 Å². The summed E-state index contributed by atoms with van der Waals surface area (Å²) in [5.74, 6) is 0.379. The number of rotatable bonds is 12. The molecule has 0 radical (unpaired) electrons. The number of anilines is 2. The molecule has 0 bridgehead atoms. The Morgan fingerprint density at radius 1 is 0.778 bits per heavy atom. The van der Waals surface area contributed by atoms with Gasteiger partial charge in [-0.05, 0) is 72.5 Å². The number of benzene rings is 4. The van der Waals surface area contributed by atoms with Crippen molar-refractivity contribution in [1.29, 1.82) is 0 Å². The van der Waals surface area contributed by atoms with E-state index in [1.165, 1.54) is 24.4 Å². The lowest BCUT2D eigenvalue weighted by Gasteiger charge is -2.16. The lowest BCUT2D eigenvalue weighted by Crippen LogP contribution is -2.30. The zero-order chi connectivity index (χ0) is 32.3. The van der Waals surface area contributed by atoms with Crippen LogP contribution in [0.15, 0.2) is 108 Å². The molecular weight excluding hydrogens is 586 g/mol. The molecule has 9 heteroatoms. The van der Waals surface area contributed by atoms with Crippen molar-refractivity contribution in [2.45, 2.75) is 36.8 Å². The minimum atomic E-state index is -0.481. The molecule has 3 N–H and O–H groups in total. The van der Waals surface area contributed by atoms with Crippen molar-refractivity contribution in [2.24, 2.45) is 0 Å². The largest absolute Gasteiger partial charge is 0.497 e. The third kappa shape index (κ3) is 9.23. The van der Waals surface area contributed by atoms with E-state index in [0.717, 1.165) is 10.5 Å². The van der Waals surface area contributed by atoms with Crippen molar-refractivity contribution in [1.82, 2.24) is 5.32 Å². The van der Waals surface area contributed by atoms with E-state index in [9.17, 15) is 14.4 Å². The molecule has 232 valence electrons. The molecule has 0 saturated carbocycles. The van der Waals surface area contributed by atoms with Gasteiger partial charge >= 0.3 is 0 Å². The maximum Gasteiger partial charge on any atom is 0.272 e. The van der Waals surface area contributed by atoms with E-state index in [4.69, 9.17) is 9.47 Å². The number of hydrogen-bond donors (Lipinski definition) is 3. The van der Waals surface area contributed by atoms with Crippen LogP contribution in [-0.2, 0) is 9.59 Å². The quantitative estimate of drug-likeness (QED) is 0.113. The monoisotopic (exact) mass is 623 g/mol. The maximum absolute atomic E-state index is 13.5. The Balaban J connectivity index is 1.49. The molecule has 8 nitrogen and oxygen atoms in total. The summed E-state index contributed by atoms with van der Waals surface area (Å²) in [5.41, 5.74) is 3.50. The molecule has 3 amide bonds. The average Bonchev–Trinajstić information content (AvgIpc) is 3.05. The summed E-state index contributed by atoms with van der Waals surface area (Å²) >= 11 is 1.34. The predicted molar refractivity (Wildman–Crippen MR) is 181 cm³/mol. The normalized spacial score (nSPS) is 11.8. The summed E-state index contributed by atoms with van der Waals surface area (Å²) in [4.78, 5) is 40.4. The molecule has 0 heterocycles. The average molecular weight is 624 g/mol. The fourth-order valence-corrected chi connectivity index (χ4v) is 5.26. The summed E-state index contributed by atoms with van der Waals surface area (Å²) in [6, 6.07) is 28.9. The first-order valence-corrected chi connectivity index (χ1v) is 15.3. The van der Waals surface area contributed by atoms with E-state index < -0.39 is 17.1 Å². The topological polar surface area (TPSA) is 106 Å². The van der Waals surface area contributed by atoms with Gasteiger partial charge < -0.3 is 25.4 Å². The van der Waals surface area contributed by atoms with Gasteiger partial charge in [-0.15, -0.1) is 11.8 Å². The highest BCUT2D eigenvalue weighted by atomic mass is 32.2. The smallest absolute Gasteiger partial charge is 0.272 e. The van der Waals surface area contributed by atoms with Crippen LogP contribution in [0.2, 0.25) is 0 Å². The molecule has 0 spiro atoms. The highest BCUT2D eigenvalue weighted by molar-refractivity contribution is 8.00. The molecule has 0 fully saturated rings. The summed E-state index contributed by atoms with van der Waals surface area (Å²) < 4.78 is 10.6. The Bertz CT molecular complexity index is 1670. The Labute approximate surface area is 268 Å². The minimum Gasteiger partial charge on any atom is -0.497 e. The zero-order valence-electron chi connectivity index (χ0n) is 25.9. The van der Waals surface area contributed by atoms with Crippen LogP contribution in [-0.4, -0.2) is 37.2 Å². The molecule has 4 rings (SSSR count). The number of carbonyl (C=O) groups excluding carboxylic acids is 3. The van der Waals surface area contributed by atoms with Gasteiger partial charge in [0.15, 0.2) is 0 Å². The number of thioether (sulfide) groups is 1. The number of hydrogen-bond acceptors (Lipinski definition) is 6. The summed E-state index contributed by atoms with van der Waals surface area (Å²) in [6.45, 7) is 6.02. The second kappa shape index (κ2) is 15.6. The van der Waals surface area contributed by atoms with E-state index in [2.05, 4.69) is 29.8 Å². The van der Waals surface area contributed by atoms with Crippen LogP contribution in [0, 0.1) is 0 Å². The molecular formula is C36H37N3O5S. The van der Waals surface area contributed by atoms with Gasteiger partial charge in [-0.2, -0.15) is 0 Å². The minimum absolute atomic E-state index is 0.0965. The molecule has 0 saturated heterocycles. The molecule has 1 atom stereocenters. The van der Waals surface area contributed by atoms with E-state index in [0.29, 0.717) is 34.4 Å². The lowest BCUT2D eigenvalue weighted by atomic mass is 10.0. The van der Waals surface area contributed by atoms with Gasteiger partial charge in [0.05, 0.1) is 25.2 Å². The first kappa shape index (κ1) is 32.9. The van der Waals surface area contributed by atoms with Crippen molar-refractivity contribution in [2.75, 3.05) is 24.9 Å². The van der Waals surface area contributed by atoms with E-state index in [-0.39, 0.29) is 11.6 Å². The van der Waals surface area contributed by atoms with Crippen LogP contribution in [0.25, 0.3) is 6.08 Å². The second-order valence-corrected chi connectivity index (χ2v) is 11.9. The molecule has 45 heavy (non-hydrogen) atoms. The van der Waals surface area contributed by atoms with Crippen LogP contribution in [0.3, 0.4) is 0 Å². The Kier molecular flexibility index (Phi) is 11.4. The fourth-order valence-electron chi connectivity index (χ4n) is 4.34. The Hall–Kier alpha value is -5.02. The number of amides is 3. The van der Waals surface area contributed by atoms with Gasteiger partial charge in [0.1, 0.15) is 17.2 Å². The maximum atomic E-state index is 13.5. The number of methoxy groups -OCH3 is 2. The molecule has 4 aromatic carbocycles. The van der Waals surface area contributed by atoms with Crippen LogP contribution in [0.4, 0.5) is 11.4 Å². The predicted octanol–water partition coefficient (Wildman–Crippen LogP) is 7.36. The first-order chi connectivity index (χ1) is 21.7. The van der Waals surface area contributed by atoms with Crippen molar-refractivity contribution in [3.8, 4) is 11.5 Å². The Morgan fingerprint density at radius 3 is 2.18 bits per heavy atom. The molecule has 0 aliphatic rings. The third-order valence-corrected chi connectivity index (χ3v) is 7.98. The van der Waals surface area contributed by atoms with Crippen LogP contribution < -0.4 is 25.4 Å². The van der Waals surface area contributed by atoms with Gasteiger partial charge in [0.2, 0.25) is 5.91 Å². The van der Waals surface area contributed by atoms with Gasteiger partial charge in [0, 0.05) is 22.2 Å². The summed E-state index contributed by atoms with van der Waals surface area (Å²) in [6.07, 6.45) is 1.65. The highest BCUT2D eigenvalue weighted by Crippen LogP contribution is 2.31. The molecule has 0 aliphatic heterocycles. The molecule has 0 aliphatic carbocycles. The summed E-state index contributed by atoms with van der Waals surface area (Å²) in [7, 11) is 3.09. The van der Waals surface area contributed by atoms with E-state index in [1.54, 1.807) is 80.8 Å². The van der Waals surface area contributed by atoms with E-state index >= 15 is 0 Å². The van der Waals surface area contributed by atoms with Crippen molar-refractivity contribution in [3.63, 3.8) is 0 Å². The Morgan fingerprint density at radius 2 is 1.51 bits per heavy atom. The van der Waals surface area contributed by atoms with Gasteiger partial charge in [-0.1, -0.05) is 62.4 Å². The highest BCUT2D eigenvalue weighted by Gasteiger charge is 2.19. The second-order valence-electron chi connectivity index (χ2n) is 10.5.